The van der Waals surface area contributed by atoms with Crippen molar-refractivity contribution in [1.82, 2.24) is 9.88 Å². The summed E-state index contributed by atoms with van der Waals surface area (Å²) in [6.07, 6.45) is 4.89. The van der Waals surface area contributed by atoms with E-state index >= 15 is 0 Å². The normalized spacial score (nSPS) is 29.0. The lowest BCUT2D eigenvalue weighted by molar-refractivity contribution is -0.143. The molecule has 6 nitrogen and oxygen atoms in total. The van der Waals surface area contributed by atoms with E-state index in [-0.39, 0.29) is 47.8 Å². The Labute approximate surface area is 151 Å². The molecule has 0 spiro atoms. The van der Waals surface area contributed by atoms with Crippen molar-refractivity contribution in [2.75, 3.05) is 11.9 Å². The van der Waals surface area contributed by atoms with Crippen LogP contribution in [0, 0.1) is 29.5 Å². The number of thiazole rings is 1. The van der Waals surface area contributed by atoms with Crippen LogP contribution in [0.25, 0.3) is 10.2 Å². The van der Waals surface area contributed by atoms with Gasteiger partial charge in [0.15, 0.2) is 5.13 Å². The average Bonchev–Trinajstić information content (AvgIpc) is 3.34. The highest BCUT2D eigenvalue weighted by Crippen LogP contribution is 2.52. The molecule has 1 N–H and O–H groups in total. The largest absolute Gasteiger partial charge is 0.300 e. The Bertz CT molecular complexity index is 971. The zero-order valence-electron chi connectivity index (χ0n) is 13.5. The number of benzene rings is 1. The van der Waals surface area contributed by atoms with Crippen molar-refractivity contribution in [2.45, 2.75) is 6.42 Å². The molecule has 0 unspecified atom stereocenters. The summed E-state index contributed by atoms with van der Waals surface area (Å²) < 4.78 is 13.9. The van der Waals surface area contributed by atoms with Crippen LogP contribution >= 0.6 is 11.3 Å². The molecule has 2 fully saturated rings. The maximum absolute atomic E-state index is 13.3. The number of nitrogens with one attached hydrogen (secondary N) is 1. The number of aromatic nitrogens is 1. The highest BCUT2D eigenvalue weighted by molar-refractivity contribution is 7.22. The number of nitrogens with zero attached hydrogens (tertiary/aromatic N) is 2. The molecule has 1 saturated carbocycles. The maximum Gasteiger partial charge on any atom is 0.246 e. The van der Waals surface area contributed by atoms with Gasteiger partial charge in [0.05, 0.1) is 22.1 Å². The molecule has 26 heavy (non-hydrogen) atoms. The predicted molar refractivity (Wildman–Crippen MR) is 92.6 cm³/mol. The Balaban J connectivity index is 1.31. The van der Waals surface area contributed by atoms with E-state index in [9.17, 15) is 18.8 Å². The number of imide groups is 1. The van der Waals surface area contributed by atoms with Crippen molar-refractivity contribution in [1.29, 1.82) is 0 Å². The number of fused-ring (bicyclic) bond motifs is 6. The van der Waals surface area contributed by atoms with Gasteiger partial charge < -0.3 is 5.32 Å². The molecule has 3 amide bonds. The first-order valence-corrected chi connectivity index (χ1v) is 9.22. The van der Waals surface area contributed by atoms with E-state index in [0.29, 0.717) is 15.3 Å². The van der Waals surface area contributed by atoms with Crippen LogP contribution in [-0.4, -0.2) is 34.2 Å². The zero-order valence-corrected chi connectivity index (χ0v) is 14.3. The first-order valence-electron chi connectivity index (χ1n) is 8.41. The number of hydrogen-bond donors (Lipinski definition) is 1. The number of anilines is 1. The quantitative estimate of drug-likeness (QED) is 0.663. The highest BCUT2D eigenvalue weighted by atomic mass is 32.1. The molecule has 2 aromatic rings. The van der Waals surface area contributed by atoms with Crippen LogP contribution in [0.2, 0.25) is 0 Å². The fourth-order valence-electron chi connectivity index (χ4n) is 4.37. The second-order valence-electron chi connectivity index (χ2n) is 6.94. The molecule has 8 heteroatoms. The summed E-state index contributed by atoms with van der Waals surface area (Å²) in [5.41, 5.74) is 0.581. The number of carbonyl (C=O) groups is 3. The van der Waals surface area contributed by atoms with Crippen molar-refractivity contribution in [3.63, 3.8) is 0 Å². The molecule has 1 aliphatic heterocycles. The van der Waals surface area contributed by atoms with E-state index < -0.39 is 5.91 Å². The van der Waals surface area contributed by atoms with Crippen LogP contribution < -0.4 is 5.32 Å². The van der Waals surface area contributed by atoms with Gasteiger partial charge in [0.1, 0.15) is 12.4 Å². The molecule has 2 heterocycles. The van der Waals surface area contributed by atoms with Gasteiger partial charge in [-0.25, -0.2) is 9.37 Å². The van der Waals surface area contributed by atoms with Gasteiger partial charge >= 0.3 is 0 Å². The zero-order chi connectivity index (χ0) is 18.0. The van der Waals surface area contributed by atoms with Gasteiger partial charge in [-0.3, -0.25) is 19.3 Å². The smallest absolute Gasteiger partial charge is 0.246 e. The average molecular weight is 371 g/mol. The van der Waals surface area contributed by atoms with Gasteiger partial charge in [0.2, 0.25) is 17.7 Å². The fraction of sp³-hybridized carbons (Fsp3) is 0.333. The molecule has 3 aliphatic rings. The molecule has 2 aliphatic carbocycles. The van der Waals surface area contributed by atoms with Gasteiger partial charge in [0.25, 0.3) is 0 Å². The summed E-state index contributed by atoms with van der Waals surface area (Å²) in [5, 5.41) is 2.92. The summed E-state index contributed by atoms with van der Waals surface area (Å²) in [5.74, 6) is -1.74. The Morgan fingerprint density at radius 1 is 1.23 bits per heavy atom. The molecule has 4 atom stereocenters. The van der Waals surface area contributed by atoms with E-state index in [0.717, 1.165) is 22.7 Å². The molecular weight excluding hydrogens is 357 g/mol. The Morgan fingerprint density at radius 3 is 2.62 bits per heavy atom. The number of likely N-dealkylation sites (tertiary alicyclic amines) is 1. The predicted octanol–water partition coefficient (Wildman–Crippen LogP) is 2.18. The lowest BCUT2D eigenvalue weighted by Gasteiger charge is -2.16. The Morgan fingerprint density at radius 2 is 1.92 bits per heavy atom. The van der Waals surface area contributed by atoms with Gasteiger partial charge in [-0.1, -0.05) is 23.5 Å². The number of rotatable bonds is 3. The van der Waals surface area contributed by atoms with Crippen molar-refractivity contribution >= 4 is 44.4 Å². The number of halogens is 1. The van der Waals surface area contributed by atoms with Gasteiger partial charge in [-0.15, -0.1) is 0 Å². The number of amides is 3. The minimum Gasteiger partial charge on any atom is -0.300 e. The monoisotopic (exact) mass is 371 g/mol. The SMILES string of the molecule is O=C(CN1C(=O)[C@@H]2[C@@H](C1=O)[C@H]1C=C[C@H]2C1)Nc1nc2ccc(F)cc2s1. The summed E-state index contributed by atoms with van der Waals surface area (Å²) in [6.45, 7) is -0.311. The Kier molecular flexibility index (Phi) is 3.27. The van der Waals surface area contributed by atoms with Gasteiger partial charge in [-0.2, -0.15) is 0 Å². The van der Waals surface area contributed by atoms with E-state index in [4.69, 9.17) is 0 Å². The van der Waals surface area contributed by atoms with Crippen molar-refractivity contribution in [3.8, 4) is 0 Å². The molecule has 5 rings (SSSR count). The Hall–Kier alpha value is -2.61. The van der Waals surface area contributed by atoms with Gasteiger partial charge in [0, 0.05) is 0 Å². The van der Waals surface area contributed by atoms with Crippen molar-refractivity contribution < 1.29 is 18.8 Å². The van der Waals surface area contributed by atoms with E-state index in [1.54, 1.807) is 0 Å². The summed E-state index contributed by atoms with van der Waals surface area (Å²) in [7, 11) is 0. The van der Waals surface area contributed by atoms with Crippen molar-refractivity contribution in [2.24, 2.45) is 23.7 Å². The molecule has 2 bridgehead atoms. The summed E-state index contributed by atoms with van der Waals surface area (Å²) in [6, 6.07) is 4.19. The maximum atomic E-state index is 13.3. The molecule has 1 aromatic carbocycles. The van der Waals surface area contributed by atoms with E-state index in [1.165, 1.54) is 18.2 Å². The van der Waals surface area contributed by atoms with Crippen LogP contribution in [0.5, 0.6) is 0 Å². The van der Waals surface area contributed by atoms with Crippen molar-refractivity contribution in [3.05, 3.63) is 36.2 Å². The van der Waals surface area contributed by atoms with Crippen LogP contribution in [0.1, 0.15) is 6.42 Å². The van der Waals surface area contributed by atoms with Crippen LogP contribution in [0.4, 0.5) is 9.52 Å². The minimum absolute atomic E-state index is 0.119. The number of carbonyl (C=O) groups excluding carboxylic acids is 3. The van der Waals surface area contributed by atoms with Crippen LogP contribution in [0.15, 0.2) is 30.4 Å². The number of allylic oxidation sites excluding steroid dienone is 2. The summed E-state index contributed by atoms with van der Waals surface area (Å²) >= 11 is 1.15. The van der Waals surface area contributed by atoms with Crippen LogP contribution in [-0.2, 0) is 14.4 Å². The first kappa shape index (κ1) is 15.6. The first-order chi connectivity index (χ1) is 12.5. The lowest BCUT2D eigenvalue weighted by Crippen LogP contribution is -2.39. The van der Waals surface area contributed by atoms with Crippen LogP contribution in [0.3, 0.4) is 0 Å². The standard InChI is InChI=1S/C18H14FN3O3S/c19-10-3-4-11-12(6-10)26-18(20-11)21-13(23)7-22-16(24)14-8-1-2-9(5-8)15(14)17(22)25/h1-4,6,8-9,14-15H,5,7H2,(H,20,21,23)/t8-,9-,14-,15-/m0/s1. The third-order valence-electron chi connectivity index (χ3n) is 5.46. The highest BCUT2D eigenvalue weighted by Gasteiger charge is 2.59. The van der Waals surface area contributed by atoms with Gasteiger partial charge in [-0.05, 0) is 36.5 Å². The molecule has 1 aromatic heterocycles. The molecule has 132 valence electrons. The second kappa shape index (κ2) is 5.44. The van der Waals surface area contributed by atoms with E-state index in [2.05, 4.69) is 10.3 Å². The van der Waals surface area contributed by atoms with E-state index in [1.807, 2.05) is 12.2 Å². The fourth-order valence-corrected chi connectivity index (χ4v) is 5.28. The lowest BCUT2D eigenvalue weighted by atomic mass is 9.85. The molecule has 0 radical (unpaired) electrons. The second-order valence-corrected chi connectivity index (χ2v) is 7.97. The molecule has 1 saturated heterocycles. The third-order valence-corrected chi connectivity index (χ3v) is 6.39. The third kappa shape index (κ3) is 2.21. The number of hydrogen-bond acceptors (Lipinski definition) is 5. The summed E-state index contributed by atoms with van der Waals surface area (Å²) in [4.78, 5) is 42.8. The molecular formula is C18H14FN3O3S. The topological polar surface area (TPSA) is 79.4 Å². The minimum atomic E-state index is -0.480.